The lowest BCUT2D eigenvalue weighted by Crippen LogP contribution is -2.30. The molecule has 2 aromatic carbocycles. The summed E-state index contributed by atoms with van der Waals surface area (Å²) in [5, 5.41) is 3.78. The third kappa shape index (κ3) is 4.32. The molecule has 1 heterocycles. The molecule has 0 radical (unpaired) electrons. The molecule has 0 spiro atoms. The van der Waals surface area contributed by atoms with Gasteiger partial charge in [-0.25, -0.2) is 17.9 Å². The summed E-state index contributed by atoms with van der Waals surface area (Å²) in [6, 6.07) is 13.4. The molecule has 9 heteroatoms. The Morgan fingerprint density at radius 3 is 2.50 bits per heavy atom. The monoisotopic (exact) mass is 405 g/mol. The summed E-state index contributed by atoms with van der Waals surface area (Å²) in [4.78, 5) is 23.3. The largest absolute Gasteiger partial charge is 0.452 e. The standard InChI is InChI=1S/C19H19N3O5S.2H2/c1-13-3-8-17-14(11-13)9-10-22(17)12-18(23)20-15-4-6-16(7-5-15)28(25,26)21-19(24)27-2;;/h3-11H,12H2,1-2H3,(H,20,23)(H,21,24);2*1H. The van der Waals surface area contributed by atoms with Gasteiger partial charge >= 0.3 is 6.09 Å². The van der Waals surface area contributed by atoms with Crippen LogP contribution in [-0.4, -0.2) is 32.1 Å². The van der Waals surface area contributed by atoms with Gasteiger partial charge in [0, 0.05) is 20.3 Å². The van der Waals surface area contributed by atoms with Crippen LogP contribution in [0.5, 0.6) is 0 Å². The van der Waals surface area contributed by atoms with Gasteiger partial charge in [-0.1, -0.05) is 11.6 Å². The van der Waals surface area contributed by atoms with E-state index in [4.69, 9.17) is 0 Å². The summed E-state index contributed by atoms with van der Waals surface area (Å²) in [5.74, 6) is -0.249. The molecular weight excluding hydrogens is 382 g/mol. The van der Waals surface area contributed by atoms with E-state index in [9.17, 15) is 18.0 Å². The van der Waals surface area contributed by atoms with Crippen LogP contribution in [0.15, 0.2) is 59.6 Å². The summed E-state index contributed by atoms with van der Waals surface area (Å²) in [6.45, 7) is 2.13. The maximum Gasteiger partial charge on any atom is 0.420 e. The molecule has 150 valence electrons. The van der Waals surface area contributed by atoms with E-state index in [1.807, 2.05) is 42.0 Å². The number of fused-ring (bicyclic) bond motifs is 1. The molecule has 2 N–H and O–H groups in total. The van der Waals surface area contributed by atoms with E-state index in [2.05, 4.69) is 10.1 Å². The molecular formula is C19H23N3O5S. The van der Waals surface area contributed by atoms with E-state index in [1.54, 1.807) is 4.72 Å². The topological polar surface area (TPSA) is 106 Å². The minimum Gasteiger partial charge on any atom is -0.452 e. The second-order valence-corrected chi connectivity index (χ2v) is 7.86. The number of nitrogens with zero attached hydrogens (tertiary/aromatic N) is 1. The van der Waals surface area contributed by atoms with Gasteiger partial charge in [-0.2, -0.15) is 0 Å². The molecule has 1 aromatic heterocycles. The molecule has 0 aliphatic heterocycles. The summed E-state index contributed by atoms with van der Waals surface area (Å²) in [7, 11) is -2.96. The lowest BCUT2D eigenvalue weighted by Gasteiger charge is -2.09. The third-order valence-corrected chi connectivity index (χ3v) is 5.42. The SMILES string of the molecule is COC(=O)NS(=O)(=O)c1ccc(NC(=O)Cn2ccc3cc(C)ccc32)cc1.[HH].[HH]. The van der Waals surface area contributed by atoms with E-state index in [1.165, 1.54) is 24.3 Å². The molecule has 0 saturated carbocycles. The molecule has 2 amide bonds. The highest BCUT2D eigenvalue weighted by atomic mass is 32.2. The molecule has 0 unspecified atom stereocenters. The van der Waals surface area contributed by atoms with E-state index in [0.717, 1.165) is 23.6 Å². The maximum absolute atomic E-state index is 12.3. The fourth-order valence-electron chi connectivity index (χ4n) is 2.74. The zero-order valence-electron chi connectivity index (χ0n) is 15.3. The van der Waals surface area contributed by atoms with Crippen LogP contribution in [0.25, 0.3) is 10.9 Å². The molecule has 3 aromatic rings. The van der Waals surface area contributed by atoms with Gasteiger partial charge in [0.15, 0.2) is 0 Å². The van der Waals surface area contributed by atoms with Crippen molar-refractivity contribution < 1.29 is 25.6 Å². The van der Waals surface area contributed by atoms with Crippen molar-refractivity contribution in [1.29, 1.82) is 0 Å². The van der Waals surface area contributed by atoms with Crippen molar-refractivity contribution in [1.82, 2.24) is 9.29 Å². The first-order chi connectivity index (χ1) is 13.3. The molecule has 8 nitrogen and oxygen atoms in total. The number of sulfonamides is 1. The molecule has 28 heavy (non-hydrogen) atoms. The van der Waals surface area contributed by atoms with Crippen LogP contribution >= 0.6 is 0 Å². The molecule has 0 atom stereocenters. The zero-order chi connectivity index (χ0) is 20.3. The van der Waals surface area contributed by atoms with Gasteiger partial charge in [-0.3, -0.25) is 4.79 Å². The second kappa shape index (κ2) is 7.73. The Bertz CT molecular complexity index is 1140. The average molecular weight is 405 g/mol. The average Bonchev–Trinajstić information content (AvgIpc) is 3.03. The number of ether oxygens (including phenoxy) is 1. The smallest absolute Gasteiger partial charge is 0.420 e. The Kier molecular flexibility index (Phi) is 5.36. The molecule has 0 saturated heterocycles. The van der Waals surface area contributed by atoms with Crippen molar-refractivity contribution in [2.75, 3.05) is 12.4 Å². The minimum absolute atomic E-state index is 0. The van der Waals surface area contributed by atoms with E-state index < -0.39 is 16.1 Å². The van der Waals surface area contributed by atoms with E-state index in [-0.39, 0.29) is 20.2 Å². The molecule has 0 fully saturated rings. The van der Waals surface area contributed by atoms with Crippen molar-refractivity contribution in [2.45, 2.75) is 18.4 Å². The lowest BCUT2D eigenvalue weighted by atomic mass is 10.2. The maximum atomic E-state index is 12.3. The predicted octanol–water partition coefficient (Wildman–Crippen LogP) is 3.13. The molecule has 0 bridgehead atoms. The lowest BCUT2D eigenvalue weighted by molar-refractivity contribution is -0.116. The highest BCUT2D eigenvalue weighted by molar-refractivity contribution is 7.90. The van der Waals surface area contributed by atoms with Crippen molar-refractivity contribution in [3.05, 3.63) is 60.3 Å². The van der Waals surface area contributed by atoms with Crippen LogP contribution in [0.1, 0.15) is 8.42 Å². The number of nitrogens with one attached hydrogen (secondary N) is 2. The highest BCUT2D eigenvalue weighted by Crippen LogP contribution is 2.18. The fourth-order valence-corrected chi connectivity index (χ4v) is 3.66. The zero-order valence-corrected chi connectivity index (χ0v) is 16.1. The van der Waals surface area contributed by atoms with Crippen LogP contribution in [0.4, 0.5) is 10.5 Å². The molecule has 0 aliphatic rings. The highest BCUT2D eigenvalue weighted by Gasteiger charge is 2.17. The van der Waals surface area contributed by atoms with E-state index >= 15 is 0 Å². The van der Waals surface area contributed by atoms with E-state index in [0.29, 0.717) is 5.69 Å². The first kappa shape index (κ1) is 19.4. The Hall–Kier alpha value is -3.33. The first-order valence-corrected chi connectivity index (χ1v) is 9.83. The first-order valence-electron chi connectivity index (χ1n) is 8.35. The summed E-state index contributed by atoms with van der Waals surface area (Å²) >= 11 is 0. The number of hydrogen-bond acceptors (Lipinski definition) is 5. The fraction of sp³-hybridized carbons (Fsp3) is 0.158. The van der Waals surface area contributed by atoms with Gasteiger partial charge in [0.2, 0.25) is 5.91 Å². The Labute approximate surface area is 165 Å². The number of anilines is 1. The summed E-state index contributed by atoms with van der Waals surface area (Å²) < 4.78 is 31.9. The number of benzene rings is 2. The molecule has 0 aliphatic carbocycles. The quantitative estimate of drug-likeness (QED) is 0.678. The van der Waals surface area contributed by atoms with Crippen LogP contribution in [-0.2, 0) is 26.1 Å². The summed E-state index contributed by atoms with van der Waals surface area (Å²) in [6.07, 6.45) is 0.768. The Morgan fingerprint density at radius 1 is 1.11 bits per heavy atom. The van der Waals surface area contributed by atoms with Gasteiger partial charge in [0.25, 0.3) is 10.0 Å². The second-order valence-electron chi connectivity index (χ2n) is 6.18. The number of amides is 2. The third-order valence-electron chi connectivity index (χ3n) is 4.09. The number of aromatic nitrogens is 1. The van der Waals surface area contributed by atoms with Crippen molar-refractivity contribution in [3.63, 3.8) is 0 Å². The number of rotatable bonds is 5. The van der Waals surface area contributed by atoms with Crippen LogP contribution in [0, 0.1) is 6.92 Å². The van der Waals surface area contributed by atoms with Crippen molar-refractivity contribution in [2.24, 2.45) is 0 Å². The minimum atomic E-state index is -4.03. The van der Waals surface area contributed by atoms with Crippen molar-refractivity contribution >= 4 is 38.6 Å². The van der Waals surface area contributed by atoms with Crippen LogP contribution < -0.4 is 10.0 Å². The van der Waals surface area contributed by atoms with Gasteiger partial charge in [0.05, 0.1) is 12.0 Å². The van der Waals surface area contributed by atoms with Gasteiger partial charge in [-0.05, 0) is 54.8 Å². The number of carbonyl (C=O) groups is 2. The summed E-state index contributed by atoms with van der Waals surface area (Å²) in [5.41, 5.74) is 2.54. The number of carbonyl (C=O) groups excluding carboxylic acids is 2. The number of hydrogen-bond donors (Lipinski definition) is 2. The van der Waals surface area contributed by atoms with Gasteiger partial charge < -0.3 is 14.6 Å². The number of aryl methyl sites for hydroxylation is 1. The van der Waals surface area contributed by atoms with Crippen LogP contribution in [0.3, 0.4) is 0 Å². The Balaban J connectivity index is 0.00000225. The Morgan fingerprint density at radius 2 is 1.82 bits per heavy atom. The predicted molar refractivity (Wildman–Crippen MR) is 109 cm³/mol. The van der Waals surface area contributed by atoms with Gasteiger partial charge in [-0.15, -0.1) is 0 Å². The van der Waals surface area contributed by atoms with Gasteiger partial charge in [0.1, 0.15) is 6.54 Å². The van der Waals surface area contributed by atoms with Crippen molar-refractivity contribution in [3.8, 4) is 0 Å². The molecule has 3 rings (SSSR count). The number of methoxy groups -OCH3 is 1. The normalized spacial score (nSPS) is 11.2. The van der Waals surface area contributed by atoms with Crippen LogP contribution in [0.2, 0.25) is 0 Å².